The smallest absolute Gasteiger partial charge is 0.227 e. The van der Waals surface area contributed by atoms with Crippen molar-refractivity contribution in [1.82, 2.24) is 15.5 Å². The first kappa shape index (κ1) is 13.8. The monoisotopic (exact) mass is 335 g/mol. The van der Waals surface area contributed by atoms with Crippen molar-refractivity contribution in [1.29, 1.82) is 0 Å². The summed E-state index contributed by atoms with van der Waals surface area (Å²) in [5.41, 5.74) is 0.977. The molecule has 0 saturated carbocycles. The summed E-state index contributed by atoms with van der Waals surface area (Å²) >= 11 is 3.45. The van der Waals surface area contributed by atoms with Gasteiger partial charge in [-0.1, -0.05) is 39.6 Å². The molecule has 1 aliphatic rings. The molecule has 0 aliphatic carbocycles. The molecule has 0 spiro atoms. The second-order valence-electron chi connectivity index (χ2n) is 5.21. The maximum absolute atomic E-state index is 5.35. The Kier molecular flexibility index (Phi) is 4.47. The lowest BCUT2D eigenvalue weighted by atomic mass is 10.0. The minimum Gasteiger partial charge on any atom is -0.339 e. The van der Waals surface area contributed by atoms with Gasteiger partial charge in [0.05, 0.1) is 0 Å². The van der Waals surface area contributed by atoms with Crippen molar-refractivity contribution in [3.63, 3.8) is 0 Å². The van der Waals surface area contributed by atoms with Crippen LogP contribution in [0.25, 0.3) is 11.4 Å². The summed E-state index contributed by atoms with van der Waals surface area (Å²) in [4.78, 5) is 4.48. The molecule has 0 bridgehead atoms. The van der Waals surface area contributed by atoms with E-state index < -0.39 is 0 Å². The van der Waals surface area contributed by atoms with E-state index in [2.05, 4.69) is 31.4 Å². The highest BCUT2D eigenvalue weighted by Crippen LogP contribution is 2.21. The summed E-state index contributed by atoms with van der Waals surface area (Å²) in [7, 11) is 0. The van der Waals surface area contributed by atoms with E-state index in [1.807, 2.05) is 24.3 Å². The van der Waals surface area contributed by atoms with Crippen LogP contribution in [-0.4, -0.2) is 22.7 Å². The molecule has 1 aromatic heterocycles. The second kappa shape index (κ2) is 6.50. The van der Waals surface area contributed by atoms with Gasteiger partial charge in [-0.3, -0.25) is 0 Å². The highest BCUT2D eigenvalue weighted by atomic mass is 79.9. The van der Waals surface area contributed by atoms with Crippen molar-refractivity contribution in [2.45, 2.75) is 38.1 Å². The van der Waals surface area contributed by atoms with Gasteiger partial charge in [0.15, 0.2) is 0 Å². The van der Waals surface area contributed by atoms with E-state index in [0.29, 0.717) is 11.9 Å². The van der Waals surface area contributed by atoms with Gasteiger partial charge in [0.1, 0.15) is 0 Å². The zero-order chi connectivity index (χ0) is 13.8. The van der Waals surface area contributed by atoms with Crippen LogP contribution in [-0.2, 0) is 6.42 Å². The molecule has 1 aromatic carbocycles. The fourth-order valence-corrected chi connectivity index (χ4v) is 2.97. The Morgan fingerprint density at radius 2 is 2.30 bits per heavy atom. The molecule has 1 fully saturated rings. The van der Waals surface area contributed by atoms with Crippen molar-refractivity contribution in [3.05, 3.63) is 34.6 Å². The first-order valence-corrected chi connectivity index (χ1v) is 7.92. The topological polar surface area (TPSA) is 51.0 Å². The number of piperidine rings is 1. The molecule has 1 unspecified atom stereocenters. The summed E-state index contributed by atoms with van der Waals surface area (Å²) in [6, 6.07) is 8.55. The first-order chi connectivity index (χ1) is 9.81. The van der Waals surface area contributed by atoms with Gasteiger partial charge in [0.25, 0.3) is 0 Å². The van der Waals surface area contributed by atoms with Gasteiger partial charge in [-0.05, 0) is 37.9 Å². The zero-order valence-electron chi connectivity index (χ0n) is 11.3. The third-order valence-electron chi connectivity index (χ3n) is 3.67. The highest BCUT2D eigenvalue weighted by molar-refractivity contribution is 9.10. The molecule has 0 amide bonds. The van der Waals surface area contributed by atoms with Crippen LogP contribution in [0.4, 0.5) is 0 Å². The van der Waals surface area contributed by atoms with Crippen molar-refractivity contribution >= 4 is 15.9 Å². The van der Waals surface area contributed by atoms with Gasteiger partial charge in [-0.2, -0.15) is 4.98 Å². The van der Waals surface area contributed by atoms with Crippen LogP contribution < -0.4 is 5.32 Å². The number of hydrogen-bond donors (Lipinski definition) is 1. The van der Waals surface area contributed by atoms with E-state index in [0.717, 1.165) is 35.3 Å². The number of rotatable bonds is 4. The van der Waals surface area contributed by atoms with E-state index >= 15 is 0 Å². The largest absolute Gasteiger partial charge is 0.339 e. The summed E-state index contributed by atoms with van der Waals surface area (Å²) in [5, 5.41) is 7.60. The summed E-state index contributed by atoms with van der Waals surface area (Å²) in [6.07, 6.45) is 5.79. The lowest BCUT2D eigenvalue weighted by Gasteiger charge is -2.22. The SMILES string of the molecule is Brc1cccc(-c2noc(CCC3CCCCN3)n2)c1. The predicted octanol–water partition coefficient (Wildman–Crippen LogP) is 3.57. The van der Waals surface area contributed by atoms with Crippen molar-refractivity contribution in [3.8, 4) is 11.4 Å². The third kappa shape index (κ3) is 3.46. The summed E-state index contributed by atoms with van der Waals surface area (Å²) in [6.45, 7) is 1.14. The Morgan fingerprint density at radius 1 is 1.35 bits per heavy atom. The van der Waals surface area contributed by atoms with Crippen molar-refractivity contribution < 1.29 is 4.52 Å². The van der Waals surface area contributed by atoms with Crippen molar-refractivity contribution in [2.75, 3.05) is 6.54 Å². The lowest BCUT2D eigenvalue weighted by molar-refractivity contribution is 0.342. The van der Waals surface area contributed by atoms with E-state index in [1.165, 1.54) is 19.3 Å². The van der Waals surface area contributed by atoms with Gasteiger partial charge in [0.2, 0.25) is 11.7 Å². The Labute approximate surface area is 127 Å². The number of hydrogen-bond acceptors (Lipinski definition) is 4. The molecular formula is C15H18BrN3O. The Bertz CT molecular complexity index is 564. The van der Waals surface area contributed by atoms with E-state index in [4.69, 9.17) is 4.52 Å². The predicted molar refractivity (Wildman–Crippen MR) is 81.4 cm³/mol. The Balaban J connectivity index is 1.61. The first-order valence-electron chi connectivity index (χ1n) is 7.13. The number of nitrogens with zero attached hydrogens (tertiary/aromatic N) is 2. The van der Waals surface area contributed by atoms with Crippen LogP contribution in [0.2, 0.25) is 0 Å². The van der Waals surface area contributed by atoms with Crippen molar-refractivity contribution in [2.24, 2.45) is 0 Å². The van der Waals surface area contributed by atoms with Crippen LogP contribution in [0.5, 0.6) is 0 Å². The zero-order valence-corrected chi connectivity index (χ0v) is 12.9. The molecule has 1 aliphatic heterocycles. The third-order valence-corrected chi connectivity index (χ3v) is 4.16. The quantitative estimate of drug-likeness (QED) is 0.927. The Morgan fingerprint density at radius 3 is 3.10 bits per heavy atom. The molecule has 1 N–H and O–H groups in total. The maximum atomic E-state index is 5.35. The summed E-state index contributed by atoms with van der Waals surface area (Å²) in [5.74, 6) is 1.39. The normalized spacial score (nSPS) is 19.1. The number of halogens is 1. The molecule has 20 heavy (non-hydrogen) atoms. The minimum absolute atomic E-state index is 0.602. The highest BCUT2D eigenvalue weighted by Gasteiger charge is 2.15. The number of aromatic nitrogens is 2. The molecule has 2 aromatic rings. The van der Waals surface area contributed by atoms with Crippen LogP contribution in [0.1, 0.15) is 31.6 Å². The van der Waals surface area contributed by atoms with Gasteiger partial charge in [-0.25, -0.2) is 0 Å². The minimum atomic E-state index is 0.602. The number of benzene rings is 1. The van der Waals surface area contributed by atoms with Crippen LogP contribution in [0.15, 0.2) is 33.3 Å². The fraction of sp³-hybridized carbons (Fsp3) is 0.467. The van der Waals surface area contributed by atoms with Crippen LogP contribution in [0.3, 0.4) is 0 Å². The molecule has 0 radical (unpaired) electrons. The van der Waals surface area contributed by atoms with E-state index in [1.54, 1.807) is 0 Å². The molecular weight excluding hydrogens is 318 g/mol. The van der Waals surface area contributed by atoms with Crippen LogP contribution >= 0.6 is 15.9 Å². The lowest BCUT2D eigenvalue weighted by Crippen LogP contribution is -2.34. The van der Waals surface area contributed by atoms with Gasteiger partial charge >= 0.3 is 0 Å². The van der Waals surface area contributed by atoms with E-state index in [-0.39, 0.29) is 0 Å². The molecule has 5 heteroatoms. The molecule has 3 rings (SSSR count). The van der Waals surface area contributed by atoms with Gasteiger partial charge in [-0.15, -0.1) is 0 Å². The molecule has 106 valence electrons. The molecule has 1 saturated heterocycles. The fourth-order valence-electron chi connectivity index (χ4n) is 2.57. The average molecular weight is 336 g/mol. The standard InChI is InChI=1S/C15H18BrN3O/c16-12-5-3-4-11(10-12)15-18-14(20-19-15)8-7-13-6-1-2-9-17-13/h3-5,10,13,17H,1-2,6-9H2. The van der Waals surface area contributed by atoms with Gasteiger partial charge in [0, 0.05) is 22.5 Å². The summed E-state index contributed by atoms with van der Waals surface area (Å²) < 4.78 is 6.37. The average Bonchev–Trinajstić information content (AvgIpc) is 2.95. The second-order valence-corrected chi connectivity index (χ2v) is 6.12. The van der Waals surface area contributed by atoms with E-state index in [9.17, 15) is 0 Å². The molecule has 2 heterocycles. The van der Waals surface area contributed by atoms with Crippen LogP contribution in [0, 0.1) is 0 Å². The number of nitrogens with one attached hydrogen (secondary N) is 1. The number of aryl methyl sites for hydroxylation is 1. The molecule has 1 atom stereocenters. The molecule has 4 nitrogen and oxygen atoms in total. The van der Waals surface area contributed by atoms with Gasteiger partial charge < -0.3 is 9.84 Å². The Hall–Kier alpha value is -1.20. The maximum Gasteiger partial charge on any atom is 0.227 e.